The molecule has 0 aliphatic carbocycles. The summed E-state index contributed by atoms with van der Waals surface area (Å²) in [5.41, 5.74) is 6.15. The molecule has 2 heterocycles. The molecular weight excluding hydrogens is 346 g/mol. The molecule has 8 nitrogen and oxygen atoms in total. The number of hydrogen-bond acceptors (Lipinski definition) is 5. The molecule has 0 atom stereocenters. The summed E-state index contributed by atoms with van der Waals surface area (Å²) in [6.45, 7) is 0.260. The summed E-state index contributed by atoms with van der Waals surface area (Å²) in [6.07, 6.45) is 4.79. The minimum absolute atomic E-state index is 0.0616. The zero-order chi connectivity index (χ0) is 18.9. The third-order valence-corrected chi connectivity index (χ3v) is 3.45. The van der Waals surface area contributed by atoms with Crippen LogP contribution in [0.4, 0.5) is 10.5 Å². The van der Waals surface area contributed by atoms with Crippen molar-refractivity contribution in [2.24, 2.45) is 0 Å². The molecule has 0 fully saturated rings. The summed E-state index contributed by atoms with van der Waals surface area (Å²) in [4.78, 5) is 32.1. The normalized spacial score (nSPS) is 9.93. The van der Waals surface area contributed by atoms with Crippen molar-refractivity contribution >= 4 is 17.6 Å². The fourth-order valence-corrected chi connectivity index (χ4v) is 2.17. The van der Waals surface area contributed by atoms with Crippen LogP contribution in [0.1, 0.15) is 16.1 Å². The van der Waals surface area contributed by atoms with Gasteiger partial charge in [-0.15, -0.1) is 0 Å². The first-order chi connectivity index (χ1) is 13.2. The van der Waals surface area contributed by atoms with Crippen molar-refractivity contribution < 1.29 is 14.3 Å². The van der Waals surface area contributed by atoms with Gasteiger partial charge >= 0.3 is 6.03 Å². The van der Waals surface area contributed by atoms with Gasteiger partial charge in [-0.05, 0) is 42.0 Å². The van der Waals surface area contributed by atoms with Gasteiger partial charge in [0.25, 0.3) is 5.91 Å². The largest absolute Gasteiger partial charge is 0.486 e. The fourth-order valence-electron chi connectivity index (χ4n) is 2.17. The van der Waals surface area contributed by atoms with Crippen LogP contribution >= 0.6 is 0 Å². The smallest absolute Gasteiger partial charge is 0.337 e. The van der Waals surface area contributed by atoms with E-state index < -0.39 is 11.9 Å². The predicted octanol–water partition coefficient (Wildman–Crippen LogP) is 2.52. The van der Waals surface area contributed by atoms with Crippen LogP contribution in [-0.2, 0) is 6.61 Å². The molecule has 0 spiro atoms. The molecule has 0 unspecified atom stereocenters. The highest BCUT2D eigenvalue weighted by atomic mass is 16.5. The molecule has 0 saturated heterocycles. The average Bonchev–Trinajstić information content (AvgIpc) is 2.72. The van der Waals surface area contributed by atoms with E-state index >= 15 is 0 Å². The van der Waals surface area contributed by atoms with Crippen LogP contribution in [0.25, 0.3) is 0 Å². The number of benzene rings is 1. The lowest BCUT2D eigenvalue weighted by molar-refractivity contribution is 0.0928. The molecule has 2 aromatic heterocycles. The molecule has 0 aliphatic rings. The number of rotatable bonds is 5. The summed E-state index contributed by atoms with van der Waals surface area (Å²) < 4.78 is 5.67. The Hall–Kier alpha value is -3.94. The van der Waals surface area contributed by atoms with Crippen molar-refractivity contribution in [2.75, 3.05) is 5.32 Å². The first-order valence-corrected chi connectivity index (χ1v) is 8.11. The Morgan fingerprint density at radius 3 is 2.44 bits per heavy atom. The molecule has 0 aliphatic heterocycles. The molecule has 3 aromatic rings. The van der Waals surface area contributed by atoms with Gasteiger partial charge in [-0.3, -0.25) is 15.2 Å². The zero-order valence-corrected chi connectivity index (χ0v) is 14.3. The molecule has 3 rings (SSSR count). The van der Waals surface area contributed by atoms with E-state index in [0.29, 0.717) is 11.4 Å². The number of para-hydroxylation sites is 1. The maximum atomic E-state index is 12.3. The number of carbonyl (C=O) groups excluding carboxylic acids is 2. The van der Waals surface area contributed by atoms with Crippen LogP contribution in [-0.4, -0.2) is 21.9 Å². The van der Waals surface area contributed by atoms with Crippen LogP contribution < -0.4 is 20.9 Å². The SMILES string of the molecule is O=C(NNC(=O)c1ncccc1OCc1ccncc1)Nc1ccccc1. The Labute approximate surface area is 155 Å². The molecule has 8 heteroatoms. The first kappa shape index (κ1) is 17.9. The maximum Gasteiger partial charge on any atom is 0.337 e. The van der Waals surface area contributed by atoms with Gasteiger partial charge in [0.2, 0.25) is 0 Å². The van der Waals surface area contributed by atoms with Crippen molar-refractivity contribution in [3.63, 3.8) is 0 Å². The molecule has 3 amide bonds. The van der Waals surface area contributed by atoms with Crippen LogP contribution in [0.3, 0.4) is 0 Å². The Kier molecular flexibility index (Phi) is 5.92. The highest BCUT2D eigenvalue weighted by Crippen LogP contribution is 2.16. The van der Waals surface area contributed by atoms with Crippen LogP contribution in [0.2, 0.25) is 0 Å². The van der Waals surface area contributed by atoms with E-state index in [1.165, 1.54) is 6.20 Å². The summed E-state index contributed by atoms with van der Waals surface area (Å²) in [5.74, 6) is -0.291. The number of ether oxygens (including phenoxy) is 1. The van der Waals surface area contributed by atoms with E-state index in [-0.39, 0.29) is 12.3 Å². The number of amides is 3. The van der Waals surface area contributed by atoms with Gasteiger partial charge in [0, 0.05) is 24.3 Å². The topological polar surface area (TPSA) is 105 Å². The Balaban J connectivity index is 1.57. The highest BCUT2D eigenvalue weighted by molar-refractivity contribution is 5.97. The Bertz CT molecular complexity index is 903. The second kappa shape index (κ2) is 8.95. The van der Waals surface area contributed by atoms with Crippen molar-refractivity contribution in [1.29, 1.82) is 0 Å². The van der Waals surface area contributed by atoms with E-state index in [4.69, 9.17) is 4.74 Å². The van der Waals surface area contributed by atoms with Gasteiger partial charge in [-0.25, -0.2) is 15.2 Å². The number of aromatic nitrogens is 2. The van der Waals surface area contributed by atoms with Gasteiger partial charge in [0.1, 0.15) is 6.61 Å². The van der Waals surface area contributed by atoms with Crippen molar-refractivity contribution in [1.82, 2.24) is 20.8 Å². The number of urea groups is 1. The summed E-state index contributed by atoms with van der Waals surface area (Å²) in [7, 11) is 0. The molecule has 0 bridgehead atoms. The standard InChI is InChI=1S/C19H17N5O3/c25-18(23-24-19(26)22-15-5-2-1-3-6-15)17-16(7-4-10-21-17)27-13-14-8-11-20-12-9-14/h1-12H,13H2,(H,23,25)(H2,22,24,26). The molecule has 0 saturated carbocycles. The maximum absolute atomic E-state index is 12.3. The average molecular weight is 363 g/mol. The number of nitrogens with one attached hydrogen (secondary N) is 3. The van der Waals surface area contributed by atoms with Crippen LogP contribution in [0.15, 0.2) is 73.2 Å². The lowest BCUT2D eigenvalue weighted by Gasteiger charge is -2.12. The van der Waals surface area contributed by atoms with Gasteiger partial charge in [0.05, 0.1) is 0 Å². The predicted molar refractivity (Wildman–Crippen MR) is 98.9 cm³/mol. The summed E-state index contributed by atoms with van der Waals surface area (Å²) in [6, 6.07) is 15.2. The third-order valence-electron chi connectivity index (χ3n) is 3.45. The second-order valence-corrected chi connectivity index (χ2v) is 5.39. The van der Waals surface area contributed by atoms with Crippen molar-refractivity contribution in [3.05, 3.63) is 84.4 Å². The van der Waals surface area contributed by atoms with Gasteiger partial charge in [0.15, 0.2) is 11.4 Å². The van der Waals surface area contributed by atoms with E-state index in [0.717, 1.165) is 5.56 Å². The highest BCUT2D eigenvalue weighted by Gasteiger charge is 2.15. The minimum Gasteiger partial charge on any atom is -0.486 e. The van der Waals surface area contributed by atoms with Gasteiger partial charge in [-0.1, -0.05) is 18.2 Å². The molecule has 0 radical (unpaired) electrons. The van der Waals surface area contributed by atoms with E-state index in [1.54, 1.807) is 48.8 Å². The van der Waals surface area contributed by atoms with Gasteiger partial charge < -0.3 is 10.1 Å². The Morgan fingerprint density at radius 2 is 1.67 bits per heavy atom. The lowest BCUT2D eigenvalue weighted by Crippen LogP contribution is -2.44. The monoisotopic (exact) mass is 363 g/mol. The molecule has 27 heavy (non-hydrogen) atoms. The van der Waals surface area contributed by atoms with Crippen LogP contribution in [0.5, 0.6) is 5.75 Å². The summed E-state index contributed by atoms with van der Waals surface area (Å²) in [5, 5.41) is 2.59. The van der Waals surface area contributed by atoms with E-state index in [1.807, 2.05) is 18.2 Å². The number of pyridine rings is 2. The first-order valence-electron chi connectivity index (χ1n) is 8.11. The molecule has 3 N–H and O–H groups in total. The number of nitrogens with zero attached hydrogens (tertiary/aromatic N) is 2. The Morgan fingerprint density at radius 1 is 0.889 bits per heavy atom. The number of hydrazine groups is 1. The molecular formula is C19H17N5O3. The second-order valence-electron chi connectivity index (χ2n) is 5.39. The van der Waals surface area contributed by atoms with Crippen LogP contribution in [0, 0.1) is 0 Å². The van der Waals surface area contributed by atoms with E-state index in [9.17, 15) is 9.59 Å². The zero-order valence-electron chi connectivity index (χ0n) is 14.3. The van der Waals surface area contributed by atoms with Gasteiger partial charge in [-0.2, -0.15) is 0 Å². The van der Waals surface area contributed by atoms with Crippen molar-refractivity contribution in [3.8, 4) is 5.75 Å². The quantitative estimate of drug-likeness (QED) is 0.604. The lowest BCUT2D eigenvalue weighted by atomic mass is 10.3. The molecule has 1 aromatic carbocycles. The number of hydrogen-bond donors (Lipinski definition) is 3. The molecule has 136 valence electrons. The van der Waals surface area contributed by atoms with Crippen molar-refractivity contribution in [2.45, 2.75) is 6.61 Å². The third kappa shape index (κ3) is 5.27. The number of carbonyl (C=O) groups is 2. The fraction of sp³-hybridized carbons (Fsp3) is 0.0526. The minimum atomic E-state index is -0.594. The summed E-state index contributed by atoms with van der Waals surface area (Å²) >= 11 is 0. The van der Waals surface area contributed by atoms with E-state index in [2.05, 4.69) is 26.1 Å². The number of anilines is 1.